The van der Waals surface area contributed by atoms with Crippen molar-refractivity contribution >= 4 is 0 Å². The van der Waals surface area contributed by atoms with Gasteiger partial charge in [-0.3, -0.25) is 0 Å². The zero-order valence-corrected chi connectivity index (χ0v) is 9.45. The van der Waals surface area contributed by atoms with Gasteiger partial charge in [0.2, 0.25) is 0 Å². The number of phenols is 1. The molecule has 0 radical (unpaired) electrons. The summed E-state index contributed by atoms with van der Waals surface area (Å²) >= 11 is 0. The van der Waals surface area contributed by atoms with E-state index < -0.39 is 0 Å². The number of hydrogen-bond acceptors (Lipinski definition) is 3. The molecule has 0 aromatic heterocycles. The fourth-order valence-electron chi connectivity index (χ4n) is 2.27. The zero-order chi connectivity index (χ0) is 11.4. The number of rotatable bonds is 4. The molecule has 0 amide bonds. The summed E-state index contributed by atoms with van der Waals surface area (Å²) in [5.41, 5.74) is 2.20. The van der Waals surface area contributed by atoms with Crippen LogP contribution in [0.5, 0.6) is 5.75 Å². The highest BCUT2D eigenvalue weighted by Crippen LogP contribution is 2.31. The lowest BCUT2D eigenvalue weighted by Crippen LogP contribution is -2.13. The van der Waals surface area contributed by atoms with Gasteiger partial charge in [0.05, 0.1) is 0 Å². The average molecular weight is 221 g/mol. The van der Waals surface area contributed by atoms with Crippen LogP contribution in [-0.2, 0) is 6.42 Å². The molecule has 0 unspecified atom stereocenters. The molecule has 0 spiro atoms. The molecule has 1 heterocycles. The molecule has 2 rings (SSSR count). The van der Waals surface area contributed by atoms with Crippen molar-refractivity contribution in [2.45, 2.75) is 31.7 Å². The number of aliphatic hydroxyl groups excluding tert-OH is 1. The summed E-state index contributed by atoms with van der Waals surface area (Å²) in [6, 6.07) is 6.06. The summed E-state index contributed by atoms with van der Waals surface area (Å²) in [5, 5.41) is 22.0. The molecule has 1 fully saturated rings. The van der Waals surface area contributed by atoms with Crippen molar-refractivity contribution in [2.75, 3.05) is 13.2 Å². The van der Waals surface area contributed by atoms with Gasteiger partial charge in [0.15, 0.2) is 0 Å². The van der Waals surface area contributed by atoms with Crippen molar-refractivity contribution in [3.63, 3.8) is 0 Å². The molecule has 1 atom stereocenters. The Balaban J connectivity index is 2.15. The maximum atomic E-state index is 9.83. The van der Waals surface area contributed by atoms with E-state index in [1.165, 1.54) is 12.0 Å². The molecule has 0 bridgehead atoms. The predicted molar refractivity (Wildman–Crippen MR) is 63.5 cm³/mol. The Bertz CT molecular complexity index is 346. The van der Waals surface area contributed by atoms with Crippen molar-refractivity contribution in [1.82, 2.24) is 5.32 Å². The van der Waals surface area contributed by atoms with E-state index in [2.05, 4.69) is 11.4 Å². The van der Waals surface area contributed by atoms with Crippen LogP contribution in [0.2, 0.25) is 0 Å². The monoisotopic (exact) mass is 221 g/mol. The van der Waals surface area contributed by atoms with Crippen LogP contribution in [-0.4, -0.2) is 23.4 Å². The molecule has 16 heavy (non-hydrogen) atoms. The van der Waals surface area contributed by atoms with Gasteiger partial charge in [-0.05, 0) is 43.9 Å². The van der Waals surface area contributed by atoms with Crippen LogP contribution in [0.3, 0.4) is 0 Å². The molecule has 88 valence electrons. The minimum Gasteiger partial charge on any atom is -0.508 e. The van der Waals surface area contributed by atoms with Crippen LogP contribution >= 0.6 is 0 Å². The van der Waals surface area contributed by atoms with Crippen LogP contribution < -0.4 is 5.32 Å². The molecule has 3 nitrogen and oxygen atoms in total. The first-order valence-electron chi connectivity index (χ1n) is 5.97. The minimum atomic E-state index is 0.220. The summed E-state index contributed by atoms with van der Waals surface area (Å²) in [4.78, 5) is 0. The highest BCUT2D eigenvalue weighted by atomic mass is 16.3. The third-order valence-electron chi connectivity index (χ3n) is 3.15. The van der Waals surface area contributed by atoms with Gasteiger partial charge in [-0.15, -0.1) is 0 Å². The summed E-state index contributed by atoms with van der Waals surface area (Å²) in [6.07, 6.45) is 3.92. The first-order valence-corrected chi connectivity index (χ1v) is 5.97. The summed E-state index contributed by atoms with van der Waals surface area (Å²) in [6.45, 7) is 1.25. The Morgan fingerprint density at radius 3 is 2.94 bits per heavy atom. The van der Waals surface area contributed by atoms with Crippen molar-refractivity contribution in [2.24, 2.45) is 0 Å². The Morgan fingerprint density at radius 1 is 1.38 bits per heavy atom. The first kappa shape index (κ1) is 11.4. The fraction of sp³-hybridized carbons (Fsp3) is 0.538. The van der Waals surface area contributed by atoms with E-state index >= 15 is 0 Å². The molecular formula is C13H19NO2. The van der Waals surface area contributed by atoms with E-state index in [1.54, 1.807) is 6.07 Å². The van der Waals surface area contributed by atoms with E-state index in [0.717, 1.165) is 31.4 Å². The van der Waals surface area contributed by atoms with Crippen LogP contribution in [0.25, 0.3) is 0 Å². The van der Waals surface area contributed by atoms with Crippen molar-refractivity contribution < 1.29 is 10.2 Å². The molecule has 1 saturated heterocycles. The van der Waals surface area contributed by atoms with Gasteiger partial charge < -0.3 is 15.5 Å². The van der Waals surface area contributed by atoms with E-state index in [1.807, 2.05) is 6.07 Å². The van der Waals surface area contributed by atoms with E-state index in [9.17, 15) is 5.11 Å². The Morgan fingerprint density at radius 2 is 2.25 bits per heavy atom. The minimum absolute atomic E-state index is 0.220. The van der Waals surface area contributed by atoms with Gasteiger partial charge in [-0.25, -0.2) is 0 Å². The Kier molecular flexibility index (Phi) is 3.80. The van der Waals surface area contributed by atoms with Gasteiger partial charge in [0, 0.05) is 18.2 Å². The number of hydrogen-bond donors (Lipinski definition) is 3. The summed E-state index contributed by atoms with van der Waals surface area (Å²) < 4.78 is 0. The Labute approximate surface area is 96.1 Å². The van der Waals surface area contributed by atoms with E-state index in [-0.39, 0.29) is 6.61 Å². The largest absolute Gasteiger partial charge is 0.508 e. The SMILES string of the molecule is OCCCc1ccc(O)c([C@H]2CCCN2)c1. The third kappa shape index (κ3) is 2.54. The molecule has 0 saturated carbocycles. The molecular weight excluding hydrogens is 202 g/mol. The van der Waals surface area contributed by atoms with Gasteiger partial charge in [0.25, 0.3) is 0 Å². The summed E-state index contributed by atoms with van der Waals surface area (Å²) in [7, 11) is 0. The maximum Gasteiger partial charge on any atom is 0.120 e. The van der Waals surface area contributed by atoms with Crippen molar-refractivity contribution in [3.8, 4) is 5.75 Å². The maximum absolute atomic E-state index is 9.83. The number of benzene rings is 1. The first-order chi connectivity index (χ1) is 7.81. The zero-order valence-electron chi connectivity index (χ0n) is 9.45. The molecule has 1 aliphatic heterocycles. The highest BCUT2D eigenvalue weighted by Gasteiger charge is 2.19. The van der Waals surface area contributed by atoms with E-state index in [4.69, 9.17) is 5.11 Å². The quantitative estimate of drug-likeness (QED) is 0.726. The lowest BCUT2D eigenvalue weighted by molar-refractivity contribution is 0.288. The highest BCUT2D eigenvalue weighted by molar-refractivity contribution is 5.38. The normalized spacial score (nSPS) is 20.2. The van der Waals surface area contributed by atoms with Crippen LogP contribution in [0, 0.1) is 0 Å². The van der Waals surface area contributed by atoms with Gasteiger partial charge in [-0.1, -0.05) is 12.1 Å². The average Bonchev–Trinajstić information content (AvgIpc) is 2.81. The second-order valence-corrected chi connectivity index (χ2v) is 4.37. The molecule has 3 heteroatoms. The molecule has 1 aliphatic rings. The lowest BCUT2D eigenvalue weighted by atomic mass is 9.99. The molecule has 1 aromatic rings. The van der Waals surface area contributed by atoms with Gasteiger partial charge in [0.1, 0.15) is 5.75 Å². The second-order valence-electron chi connectivity index (χ2n) is 4.37. The molecule has 0 aliphatic carbocycles. The topological polar surface area (TPSA) is 52.5 Å². The van der Waals surface area contributed by atoms with Crippen LogP contribution in [0.4, 0.5) is 0 Å². The smallest absolute Gasteiger partial charge is 0.120 e. The molecule has 1 aromatic carbocycles. The number of aliphatic hydroxyl groups is 1. The second kappa shape index (κ2) is 5.32. The predicted octanol–water partition coefficient (Wildman–Crippen LogP) is 1.74. The molecule has 3 N–H and O–H groups in total. The lowest BCUT2D eigenvalue weighted by Gasteiger charge is -2.14. The fourth-order valence-corrected chi connectivity index (χ4v) is 2.27. The van der Waals surface area contributed by atoms with E-state index in [0.29, 0.717) is 11.8 Å². The number of aromatic hydroxyl groups is 1. The Hall–Kier alpha value is -1.06. The number of nitrogens with one attached hydrogen (secondary N) is 1. The number of phenolic OH excluding ortho intramolecular Hbond substituents is 1. The van der Waals surface area contributed by atoms with Gasteiger partial charge >= 0.3 is 0 Å². The summed E-state index contributed by atoms with van der Waals surface area (Å²) in [5.74, 6) is 0.382. The standard InChI is InChI=1S/C13H19NO2/c15-8-2-3-10-5-6-13(16)11(9-10)12-4-1-7-14-12/h5-6,9,12,14-16H,1-4,7-8H2/t12-/m1/s1. The van der Waals surface area contributed by atoms with Crippen LogP contribution in [0.15, 0.2) is 18.2 Å². The third-order valence-corrected chi connectivity index (χ3v) is 3.15. The van der Waals surface area contributed by atoms with Crippen molar-refractivity contribution in [1.29, 1.82) is 0 Å². The van der Waals surface area contributed by atoms with Crippen LogP contribution in [0.1, 0.15) is 36.4 Å². The number of aryl methyl sites for hydroxylation is 1. The van der Waals surface area contributed by atoms with Crippen molar-refractivity contribution in [3.05, 3.63) is 29.3 Å². The van der Waals surface area contributed by atoms with Gasteiger partial charge in [-0.2, -0.15) is 0 Å².